The fourth-order valence-electron chi connectivity index (χ4n) is 1.75. The molecule has 1 fully saturated rings. The van der Waals surface area contributed by atoms with Crippen molar-refractivity contribution in [3.63, 3.8) is 0 Å². The first-order chi connectivity index (χ1) is 5.69. The van der Waals surface area contributed by atoms with Gasteiger partial charge in [-0.2, -0.15) is 0 Å². The van der Waals surface area contributed by atoms with Crippen LogP contribution in [0.15, 0.2) is 0 Å². The van der Waals surface area contributed by atoms with Crippen LogP contribution in [0.2, 0.25) is 0 Å². The van der Waals surface area contributed by atoms with E-state index in [1.54, 1.807) is 0 Å². The predicted molar refractivity (Wildman–Crippen MR) is 50.2 cm³/mol. The Labute approximate surface area is 74.8 Å². The monoisotopic (exact) mass is 172 g/mol. The minimum Gasteiger partial charge on any atom is -0.396 e. The lowest BCUT2D eigenvalue weighted by Crippen LogP contribution is -2.57. The fraction of sp³-hybridized carbons (Fsp3) is 1.00. The lowest BCUT2D eigenvalue weighted by atomic mass is 9.92. The van der Waals surface area contributed by atoms with Crippen LogP contribution < -0.4 is 5.32 Å². The van der Waals surface area contributed by atoms with Crippen LogP contribution >= 0.6 is 0 Å². The van der Waals surface area contributed by atoms with Gasteiger partial charge < -0.3 is 10.4 Å². The average molecular weight is 172 g/mol. The van der Waals surface area contributed by atoms with Gasteiger partial charge in [0.2, 0.25) is 0 Å². The van der Waals surface area contributed by atoms with Crippen LogP contribution in [0.3, 0.4) is 0 Å². The van der Waals surface area contributed by atoms with Gasteiger partial charge in [0.15, 0.2) is 0 Å². The van der Waals surface area contributed by atoms with E-state index in [1.807, 2.05) is 0 Å². The molecule has 1 aliphatic heterocycles. The maximum atomic E-state index is 8.76. The molecule has 72 valence electrons. The molecule has 0 bridgehead atoms. The summed E-state index contributed by atoms with van der Waals surface area (Å²) in [5.74, 6) is 0. The lowest BCUT2D eigenvalue weighted by Gasteiger charge is -2.43. The van der Waals surface area contributed by atoms with E-state index in [4.69, 9.17) is 5.11 Å². The van der Waals surface area contributed by atoms with Gasteiger partial charge >= 0.3 is 0 Å². The number of likely N-dealkylation sites (N-methyl/N-ethyl adjacent to an activating group) is 1. The topological polar surface area (TPSA) is 35.5 Å². The highest BCUT2D eigenvalue weighted by atomic mass is 16.2. The molecule has 0 amide bonds. The maximum absolute atomic E-state index is 8.76. The third kappa shape index (κ3) is 2.19. The zero-order valence-electron chi connectivity index (χ0n) is 8.14. The second-order valence-corrected chi connectivity index (χ2v) is 3.92. The molecule has 0 aliphatic carbocycles. The molecule has 3 heteroatoms. The summed E-state index contributed by atoms with van der Waals surface area (Å²) >= 11 is 0. The van der Waals surface area contributed by atoms with E-state index in [0.29, 0.717) is 6.61 Å². The van der Waals surface area contributed by atoms with Gasteiger partial charge in [-0.25, -0.2) is 0 Å². The van der Waals surface area contributed by atoms with E-state index < -0.39 is 0 Å². The quantitative estimate of drug-likeness (QED) is 0.631. The summed E-state index contributed by atoms with van der Waals surface area (Å²) in [6.45, 7) is 5.81. The summed E-state index contributed by atoms with van der Waals surface area (Å²) in [6, 6.07) is 0. The zero-order valence-corrected chi connectivity index (χ0v) is 8.14. The molecule has 0 radical (unpaired) electrons. The van der Waals surface area contributed by atoms with Crippen LogP contribution in [0.5, 0.6) is 0 Å². The highest BCUT2D eigenvalue weighted by Crippen LogP contribution is 2.20. The Hall–Kier alpha value is -0.120. The summed E-state index contributed by atoms with van der Waals surface area (Å²) in [7, 11) is 2.16. The molecule has 1 saturated heterocycles. The summed E-state index contributed by atoms with van der Waals surface area (Å²) in [4.78, 5) is 2.39. The van der Waals surface area contributed by atoms with E-state index in [1.165, 1.54) is 0 Å². The van der Waals surface area contributed by atoms with Crippen molar-refractivity contribution in [2.24, 2.45) is 0 Å². The van der Waals surface area contributed by atoms with Crippen molar-refractivity contribution in [1.29, 1.82) is 0 Å². The first-order valence-electron chi connectivity index (χ1n) is 4.72. The molecule has 12 heavy (non-hydrogen) atoms. The molecule has 1 rings (SSSR count). The predicted octanol–water partition coefficient (Wildman–Crippen LogP) is 0.0526. The third-order valence-corrected chi connectivity index (χ3v) is 2.92. The Morgan fingerprint density at radius 2 is 2.33 bits per heavy atom. The molecule has 1 unspecified atom stereocenters. The van der Waals surface area contributed by atoms with Crippen molar-refractivity contribution in [2.75, 3.05) is 33.3 Å². The molecule has 3 nitrogen and oxygen atoms in total. The molecule has 1 heterocycles. The SMILES string of the molecule is CN1CCNCC1(C)CCCO. The Bertz CT molecular complexity index is 140. The van der Waals surface area contributed by atoms with Gasteiger partial charge in [-0.05, 0) is 26.8 Å². The van der Waals surface area contributed by atoms with Crippen LogP contribution in [-0.4, -0.2) is 48.8 Å². The van der Waals surface area contributed by atoms with Gasteiger partial charge in [0.25, 0.3) is 0 Å². The number of aliphatic hydroxyl groups excluding tert-OH is 1. The number of hydrogen-bond acceptors (Lipinski definition) is 3. The van der Waals surface area contributed by atoms with Crippen LogP contribution in [0.1, 0.15) is 19.8 Å². The van der Waals surface area contributed by atoms with Crippen molar-refractivity contribution < 1.29 is 5.11 Å². The molecule has 0 aromatic rings. The van der Waals surface area contributed by atoms with E-state index in [9.17, 15) is 0 Å². The van der Waals surface area contributed by atoms with E-state index in [2.05, 4.69) is 24.2 Å². The van der Waals surface area contributed by atoms with E-state index >= 15 is 0 Å². The molecule has 0 aromatic carbocycles. The Balaban J connectivity index is 2.42. The molecule has 1 aliphatic rings. The Morgan fingerprint density at radius 3 is 2.92 bits per heavy atom. The molecule has 2 N–H and O–H groups in total. The number of nitrogens with zero attached hydrogens (tertiary/aromatic N) is 1. The second kappa shape index (κ2) is 4.21. The van der Waals surface area contributed by atoms with Crippen LogP contribution in [0.25, 0.3) is 0 Å². The first-order valence-corrected chi connectivity index (χ1v) is 4.72. The van der Waals surface area contributed by atoms with Crippen LogP contribution in [0.4, 0.5) is 0 Å². The first kappa shape index (κ1) is 9.96. The van der Waals surface area contributed by atoms with Gasteiger partial charge in [0.1, 0.15) is 0 Å². The van der Waals surface area contributed by atoms with Gasteiger partial charge in [-0.1, -0.05) is 0 Å². The number of piperazine rings is 1. The van der Waals surface area contributed by atoms with Gasteiger partial charge in [-0.15, -0.1) is 0 Å². The van der Waals surface area contributed by atoms with E-state index in [0.717, 1.165) is 32.5 Å². The lowest BCUT2D eigenvalue weighted by molar-refractivity contribution is 0.0876. The van der Waals surface area contributed by atoms with Gasteiger partial charge in [0.05, 0.1) is 0 Å². The van der Waals surface area contributed by atoms with Crippen molar-refractivity contribution in [3.05, 3.63) is 0 Å². The van der Waals surface area contributed by atoms with Crippen molar-refractivity contribution >= 4 is 0 Å². The van der Waals surface area contributed by atoms with E-state index in [-0.39, 0.29) is 5.54 Å². The highest BCUT2D eigenvalue weighted by Gasteiger charge is 2.30. The second-order valence-electron chi connectivity index (χ2n) is 3.92. The van der Waals surface area contributed by atoms with Crippen molar-refractivity contribution in [1.82, 2.24) is 10.2 Å². The Kier molecular flexibility index (Phi) is 3.50. The average Bonchev–Trinajstić information content (AvgIpc) is 2.07. The number of nitrogens with one attached hydrogen (secondary N) is 1. The number of aliphatic hydroxyl groups is 1. The largest absolute Gasteiger partial charge is 0.396 e. The van der Waals surface area contributed by atoms with Crippen molar-refractivity contribution in [2.45, 2.75) is 25.3 Å². The molecular weight excluding hydrogens is 152 g/mol. The Morgan fingerprint density at radius 1 is 1.58 bits per heavy atom. The van der Waals surface area contributed by atoms with Crippen molar-refractivity contribution in [3.8, 4) is 0 Å². The maximum Gasteiger partial charge on any atom is 0.0431 e. The van der Waals surface area contributed by atoms with Gasteiger partial charge in [0, 0.05) is 31.8 Å². The summed E-state index contributed by atoms with van der Waals surface area (Å²) in [5, 5.41) is 12.2. The third-order valence-electron chi connectivity index (χ3n) is 2.92. The molecule has 0 spiro atoms. The molecule has 0 aromatic heterocycles. The molecular formula is C9H20N2O. The van der Waals surface area contributed by atoms with Crippen LogP contribution in [-0.2, 0) is 0 Å². The standard InChI is InChI=1S/C9H20N2O/c1-9(4-3-7-12)8-10-5-6-11(9)2/h10,12H,3-8H2,1-2H3. The smallest absolute Gasteiger partial charge is 0.0431 e. The molecule has 0 saturated carbocycles. The number of rotatable bonds is 3. The fourth-order valence-corrected chi connectivity index (χ4v) is 1.75. The highest BCUT2D eigenvalue weighted by molar-refractivity contribution is 4.90. The normalized spacial score (nSPS) is 32.2. The van der Waals surface area contributed by atoms with Gasteiger partial charge in [-0.3, -0.25) is 4.90 Å². The molecule has 1 atom stereocenters. The summed E-state index contributed by atoms with van der Waals surface area (Å²) < 4.78 is 0. The van der Waals surface area contributed by atoms with Crippen LogP contribution in [0, 0.1) is 0 Å². The summed E-state index contributed by atoms with van der Waals surface area (Å²) in [5.41, 5.74) is 0.251. The summed E-state index contributed by atoms with van der Waals surface area (Å²) in [6.07, 6.45) is 1.98. The zero-order chi connectivity index (χ0) is 9.03. The number of hydrogen-bond donors (Lipinski definition) is 2. The minimum atomic E-state index is 0.251. The minimum absolute atomic E-state index is 0.251.